The quantitative estimate of drug-likeness (QED) is 0.832. The largest absolute Gasteiger partial charge is 0.508 e. The van der Waals surface area contributed by atoms with Gasteiger partial charge < -0.3 is 15.1 Å². The van der Waals surface area contributed by atoms with Gasteiger partial charge in [-0.2, -0.15) is 0 Å². The highest BCUT2D eigenvalue weighted by atomic mass is 16.4. The molecule has 0 saturated carbocycles. The van der Waals surface area contributed by atoms with Crippen LogP contribution in [0.2, 0.25) is 0 Å². The first-order chi connectivity index (χ1) is 8.56. The Morgan fingerprint density at radius 1 is 1.28 bits per heavy atom. The van der Waals surface area contributed by atoms with E-state index in [1.54, 1.807) is 6.07 Å². The summed E-state index contributed by atoms with van der Waals surface area (Å²) in [6.07, 6.45) is 0. The number of aromatic carboxylic acids is 1. The summed E-state index contributed by atoms with van der Waals surface area (Å²) in [6, 6.07) is 4.54. The molecule has 1 saturated heterocycles. The van der Waals surface area contributed by atoms with E-state index in [9.17, 15) is 9.90 Å². The second kappa shape index (κ2) is 5.37. The number of phenols is 1. The lowest BCUT2D eigenvalue weighted by Crippen LogP contribution is -2.43. The summed E-state index contributed by atoms with van der Waals surface area (Å²) in [4.78, 5) is 15.3. The summed E-state index contributed by atoms with van der Waals surface area (Å²) < 4.78 is 0. The van der Waals surface area contributed by atoms with Crippen LogP contribution in [0.4, 0.5) is 0 Å². The van der Waals surface area contributed by atoms with Crippen LogP contribution in [0.5, 0.6) is 5.75 Å². The molecule has 98 valence electrons. The number of hydrogen-bond acceptors (Lipinski definition) is 4. The number of hydrogen-bond donors (Lipinski definition) is 2. The smallest absolute Gasteiger partial charge is 0.335 e. The first-order valence-corrected chi connectivity index (χ1v) is 6.02. The van der Waals surface area contributed by atoms with Gasteiger partial charge in [0.15, 0.2) is 0 Å². The minimum Gasteiger partial charge on any atom is -0.508 e. The molecule has 5 nitrogen and oxygen atoms in total. The number of likely N-dealkylation sites (N-methyl/N-ethyl adjacent to an activating group) is 1. The van der Waals surface area contributed by atoms with Crippen LogP contribution in [-0.2, 0) is 6.54 Å². The van der Waals surface area contributed by atoms with Crippen molar-refractivity contribution in [1.82, 2.24) is 9.80 Å². The van der Waals surface area contributed by atoms with Crippen LogP contribution < -0.4 is 0 Å². The number of carboxylic acid groups (broad SMARTS) is 1. The fourth-order valence-corrected chi connectivity index (χ4v) is 2.08. The lowest BCUT2D eigenvalue weighted by molar-refractivity contribution is 0.0696. The number of aromatic hydroxyl groups is 1. The molecular formula is C13H18N2O3. The SMILES string of the molecule is CN1CCN(Cc2ccc(C(=O)O)cc2O)CC1. The van der Waals surface area contributed by atoms with E-state index in [4.69, 9.17) is 5.11 Å². The molecule has 0 aromatic heterocycles. The van der Waals surface area contributed by atoms with Crippen molar-refractivity contribution in [3.05, 3.63) is 29.3 Å². The van der Waals surface area contributed by atoms with Crippen LogP contribution in [0.15, 0.2) is 18.2 Å². The van der Waals surface area contributed by atoms with E-state index in [-0.39, 0.29) is 11.3 Å². The van der Waals surface area contributed by atoms with Crippen molar-refractivity contribution in [2.45, 2.75) is 6.54 Å². The molecule has 0 radical (unpaired) electrons. The molecule has 1 heterocycles. The van der Waals surface area contributed by atoms with Crippen LogP contribution >= 0.6 is 0 Å². The van der Waals surface area contributed by atoms with Gasteiger partial charge in [-0.25, -0.2) is 4.79 Å². The molecule has 0 bridgehead atoms. The number of phenolic OH excluding ortho intramolecular Hbond substituents is 1. The summed E-state index contributed by atoms with van der Waals surface area (Å²) in [5, 5.41) is 18.6. The average molecular weight is 250 g/mol. The van der Waals surface area contributed by atoms with Gasteiger partial charge in [0.05, 0.1) is 5.56 Å². The van der Waals surface area contributed by atoms with Crippen molar-refractivity contribution in [2.75, 3.05) is 33.2 Å². The molecule has 1 fully saturated rings. The van der Waals surface area contributed by atoms with E-state index in [1.807, 2.05) is 0 Å². The molecule has 0 amide bonds. The highest BCUT2D eigenvalue weighted by Gasteiger charge is 2.16. The molecule has 1 aliphatic rings. The molecule has 0 atom stereocenters. The van der Waals surface area contributed by atoms with E-state index in [2.05, 4.69) is 16.8 Å². The highest BCUT2D eigenvalue weighted by Crippen LogP contribution is 2.21. The zero-order valence-corrected chi connectivity index (χ0v) is 10.5. The Balaban J connectivity index is 2.03. The molecule has 2 N–H and O–H groups in total. The number of benzene rings is 1. The second-order valence-corrected chi connectivity index (χ2v) is 4.73. The summed E-state index contributed by atoms with van der Waals surface area (Å²) in [7, 11) is 2.09. The summed E-state index contributed by atoms with van der Waals surface area (Å²) in [5.41, 5.74) is 0.902. The van der Waals surface area contributed by atoms with E-state index in [1.165, 1.54) is 12.1 Å². The molecule has 1 aromatic carbocycles. The fraction of sp³-hybridized carbons (Fsp3) is 0.462. The molecule has 5 heteroatoms. The Bertz CT molecular complexity index is 440. The summed E-state index contributed by atoms with van der Waals surface area (Å²) in [6.45, 7) is 4.65. The van der Waals surface area contributed by atoms with Gasteiger partial charge in [-0.05, 0) is 19.2 Å². The van der Waals surface area contributed by atoms with Gasteiger partial charge in [0.1, 0.15) is 5.75 Å². The molecule has 0 spiro atoms. The van der Waals surface area contributed by atoms with E-state index in [0.29, 0.717) is 6.54 Å². The van der Waals surface area contributed by atoms with Crippen molar-refractivity contribution in [3.8, 4) is 5.75 Å². The summed E-state index contributed by atoms with van der Waals surface area (Å²) >= 11 is 0. The first kappa shape index (κ1) is 12.9. The Labute approximate surface area is 106 Å². The maximum Gasteiger partial charge on any atom is 0.335 e. The topological polar surface area (TPSA) is 64.0 Å². The van der Waals surface area contributed by atoms with Gasteiger partial charge in [0.25, 0.3) is 0 Å². The number of piperazine rings is 1. The van der Waals surface area contributed by atoms with Crippen LogP contribution in [0, 0.1) is 0 Å². The van der Waals surface area contributed by atoms with E-state index < -0.39 is 5.97 Å². The predicted molar refractivity (Wildman–Crippen MR) is 67.8 cm³/mol. The second-order valence-electron chi connectivity index (χ2n) is 4.73. The third kappa shape index (κ3) is 3.00. The van der Waals surface area contributed by atoms with E-state index >= 15 is 0 Å². The lowest BCUT2D eigenvalue weighted by atomic mass is 10.1. The first-order valence-electron chi connectivity index (χ1n) is 6.02. The molecule has 1 aliphatic heterocycles. The normalized spacial score (nSPS) is 17.8. The third-order valence-electron chi connectivity index (χ3n) is 3.32. The fourth-order valence-electron chi connectivity index (χ4n) is 2.08. The van der Waals surface area contributed by atoms with Gasteiger partial charge in [-0.1, -0.05) is 6.07 Å². The van der Waals surface area contributed by atoms with Gasteiger partial charge in [-0.3, -0.25) is 4.90 Å². The zero-order valence-electron chi connectivity index (χ0n) is 10.5. The Morgan fingerprint density at radius 2 is 1.94 bits per heavy atom. The minimum absolute atomic E-state index is 0.0637. The standard InChI is InChI=1S/C13H18N2O3/c1-14-4-6-15(7-5-14)9-11-3-2-10(13(17)18)8-12(11)16/h2-3,8,16H,4-7,9H2,1H3,(H,17,18). The molecule has 1 aromatic rings. The van der Waals surface area contributed by atoms with Gasteiger partial charge in [-0.15, -0.1) is 0 Å². The van der Waals surface area contributed by atoms with Crippen LogP contribution in [0.3, 0.4) is 0 Å². The Morgan fingerprint density at radius 3 is 2.50 bits per heavy atom. The molecule has 0 unspecified atom stereocenters. The molecule has 0 aliphatic carbocycles. The van der Waals surface area contributed by atoms with Gasteiger partial charge >= 0.3 is 5.97 Å². The maximum absolute atomic E-state index is 10.8. The van der Waals surface area contributed by atoms with Crippen molar-refractivity contribution in [2.24, 2.45) is 0 Å². The van der Waals surface area contributed by atoms with Crippen molar-refractivity contribution in [1.29, 1.82) is 0 Å². The number of rotatable bonds is 3. The molecule has 2 rings (SSSR count). The zero-order chi connectivity index (χ0) is 13.1. The molecule has 18 heavy (non-hydrogen) atoms. The van der Waals surface area contributed by atoms with Gasteiger partial charge in [0, 0.05) is 38.3 Å². The van der Waals surface area contributed by atoms with Crippen LogP contribution in [0.1, 0.15) is 15.9 Å². The van der Waals surface area contributed by atoms with Crippen LogP contribution in [0.25, 0.3) is 0 Å². The predicted octanol–water partition coefficient (Wildman–Crippen LogP) is 0.838. The summed E-state index contributed by atoms with van der Waals surface area (Å²) in [5.74, 6) is -0.953. The number of carboxylic acids is 1. The minimum atomic E-state index is -1.02. The highest BCUT2D eigenvalue weighted by molar-refractivity contribution is 5.88. The van der Waals surface area contributed by atoms with E-state index in [0.717, 1.165) is 31.7 Å². The Hall–Kier alpha value is -1.59. The lowest BCUT2D eigenvalue weighted by Gasteiger charge is -2.32. The monoisotopic (exact) mass is 250 g/mol. The number of carbonyl (C=O) groups is 1. The Kier molecular flexibility index (Phi) is 3.84. The number of nitrogens with zero attached hydrogens (tertiary/aromatic N) is 2. The van der Waals surface area contributed by atoms with Crippen molar-refractivity contribution >= 4 is 5.97 Å². The van der Waals surface area contributed by atoms with Crippen molar-refractivity contribution in [3.63, 3.8) is 0 Å². The average Bonchev–Trinajstić information content (AvgIpc) is 2.34. The maximum atomic E-state index is 10.8. The van der Waals surface area contributed by atoms with Gasteiger partial charge in [0.2, 0.25) is 0 Å². The van der Waals surface area contributed by atoms with Crippen LogP contribution in [-0.4, -0.2) is 59.2 Å². The van der Waals surface area contributed by atoms with Crippen molar-refractivity contribution < 1.29 is 15.0 Å². The third-order valence-corrected chi connectivity index (χ3v) is 3.32. The molecular weight excluding hydrogens is 232 g/mol.